The predicted octanol–water partition coefficient (Wildman–Crippen LogP) is 1.82. The van der Waals surface area contributed by atoms with Crippen molar-refractivity contribution in [2.45, 2.75) is 19.3 Å². The number of fused-ring (bicyclic) bond motifs is 3. The summed E-state index contributed by atoms with van der Waals surface area (Å²) in [5, 5.41) is 14.2. The highest BCUT2D eigenvalue weighted by molar-refractivity contribution is 7.19. The third kappa shape index (κ3) is 1.39. The van der Waals surface area contributed by atoms with E-state index in [0.29, 0.717) is 17.2 Å². The van der Waals surface area contributed by atoms with Gasteiger partial charge >= 0.3 is 0 Å². The zero-order valence-corrected chi connectivity index (χ0v) is 11.3. The summed E-state index contributed by atoms with van der Waals surface area (Å²) in [6, 6.07) is 2.03. The van der Waals surface area contributed by atoms with Gasteiger partial charge in [-0.2, -0.15) is 15.0 Å². The van der Waals surface area contributed by atoms with Gasteiger partial charge in [-0.15, -0.1) is 11.3 Å². The van der Waals surface area contributed by atoms with E-state index in [0.717, 1.165) is 23.1 Å². The first-order chi connectivity index (χ1) is 9.79. The number of nitrogens with two attached hydrogens (primary N) is 1. The lowest BCUT2D eigenvalue weighted by molar-refractivity contribution is 0.858. The number of anilines is 1. The number of hydrogen-bond acceptors (Lipinski definition) is 6. The molecule has 0 spiro atoms. The van der Waals surface area contributed by atoms with Crippen molar-refractivity contribution in [2.75, 3.05) is 5.73 Å². The molecule has 0 unspecified atom stereocenters. The van der Waals surface area contributed by atoms with Crippen LogP contribution >= 0.6 is 11.3 Å². The van der Waals surface area contributed by atoms with E-state index >= 15 is 0 Å². The number of aromatic nitrogens is 4. The number of nitrogens with zero attached hydrogens (tertiary/aromatic N) is 5. The summed E-state index contributed by atoms with van der Waals surface area (Å²) in [5.74, 6) is 0.999. The van der Waals surface area contributed by atoms with E-state index in [-0.39, 0.29) is 0 Å². The van der Waals surface area contributed by atoms with Gasteiger partial charge in [-0.25, -0.2) is 9.97 Å². The molecule has 0 fully saturated rings. The van der Waals surface area contributed by atoms with Gasteiger partial charge in [0.1, 0.15) is 28.6 Å². The van der Waals surface area contributed by atoms with Gasteiger partial charge in [-0.1, -0.05) is 0 Å². The molecule has 0 amide bonds. The number of nitriles is 1. The maximum Gasteiger partial charge on any atom is 0.168 e. The number of rotatable bonds is 1. The van der Waals surface area contributed by atoms with E-state index in [2.05, 4.69) is 15.1 Å². The molecule has 3 heterocycles. The lowest BCUT2D eigenvalue weighted by Gasteiger charge is -2.05. The molecule has 0 aromatic carbocycles. The van der Waals surface area contributed by atoms with Crippen molar-refractivity contribution in [3.63, 3.8) is 0 Å². The molecule has 20 heavy (non-hydrogen) atoms. The Kier molecular flexibility index (Phi) is 2.28. The molecule has 3 aromatic heterocycles. The van der Waals surface area contributed by atoms with Crippen LogP contribution in [0, 0.1) is 11.3 Å². The Balaban J connectivity index is 2.05. The molecule has 1 aliphatic carbocycles. The minimum absolute atomic E-state index is 0.324. The molecule has 2 N–H and O–H groups in total. The van der Waals surface area contributed by atoms with Crippen LogP contribution in [0.25, 0.3) is 16.0 Å². The van der Waals surface area contributed by atoms with Gasteiger partial charge in [0.05, 0.1) is 11.6 Å². The smallest absolute Gasteiger partial charge is 0.168 e. The number of aryl methyl sites for hydroxylation is 2. The second kappa shape index (κ2) is 4.02. The molecular formula is C13H10N6S. The summed E-state index contributed by atoms with van der Waals surface area (Å²) >= 11 is 1.72. The van der Waals surface area contributed by atoms with Gasteiger partial charge < -0.3 is 5.73 Å². The minimum Gasteiger partial charge on any atom is -0.382 e. The molecular weight excluding hydrogens is 272 g/mol. The van der Waals surface area contributed by atoms with E-state index in [4.69, 9.17) is 11.0 Å². The van der Waals surface area contributed by atoms with Gasteiger partial charge in [-0.3, -0.25) is 0 Å². The number of nitrogen functional groups attached to an aromatic ring is 1. The third-order valence-electron chi connectivity index (χ3n) is 3.61. The van der Waals surface area contributed by atoms with Crippen LogP contribution in [0.2, 0.25) is 0 Å². The molecule has 0 radical (unpaired) electrons. The standard InChI is InChI=1S/C13H10N6S/c14-4-7-5-18-19(11(7)15)12-10-8-2-1-3-9(8)20-13(10)17-6-16-12/h5-6H,1-3,15H2. The average Bonchev–Trinajstić information content (AvgIpc) is 3.11. The van der Waals surface area contributed by atoms with Crippen molar-refractivity contribution in [3.8, 4) is 11.9 Å². The highest BCUT2D eigenvalue weighted by atomic mass is 32.1. The lowest BCUT2D eigenvalue weighted by Crippen LogP contribution is -2.06. The topological polar surface area (TPSA) is 93.4 Å². The Hall–Kier alpha value is -2.46. The predicted molar refractivity (Wildman–Crippen MR) is 75.7 cm³/mol. The molecule has 1 aliphatic rings. The maximum atomic E-state index is 8.99. The Morgan fingerprint density at radius 1 is 1.35 bits per heavy atom. The van der Waals surface area contributed by atoms with Crippen LogP contribution in [-0.4, -0.2) is 19.7 Å². The van der Waals surface area contributed by atoms with Crippen molar-refractivity contribution in [2.24, 2.45) is 0 Å². The van der Waals surface area contributed by atoms with E-state index in [1.54, 1.807) is 11.3 Å². The normalized spacial score (nSPS) is 13.6. The second-order valence-corrected chi connectivity index (χ2v) is 5.79. The minimum atomic E-state index is 0.324. The summed E-state index contributed by atoms with van der Waals surface area (Å²) in [6.45, 7) is 0. The Bertz CT molecular complexity index is 869. The van der Waals surface area contributed by atoms with Gasteiger partial charge in [0.25, 0.3) is 0 Å². The van der Waals surface area contributed by atoms with E-state index in [1.807, 2.05) is 6.07 Å². The molecule has 0 saturated heterocycles. The first kappa shape index (κ1) is 11.4. The van der Waals surface area contributed by atoms with E-state index in [1.165, 1.54) is 34.1 Å². The Labute approximate surface area is 118 Å². The quantitative estimate of drug-likeness (QED) is 0.734. The lowest BCUT2D eigenvalue weighted by atomic mass is 10.2. The van der Waals surface area contributed by atoms with Crippen LogP contribution in [0.1, 0.15) is 22.4 Å². The third-order valence-corrected chi connectivity index (χ3v) is 4.81. The van der Waals surface area contributed by atoms with Crippen molar-refractivity contribution in [1.82, 2.24) is 19.7 Å². The van der Waals surface area contributed by atoms with Crippen LogP contribution in [-0.2, 0) is 12.8 Å². The molecule has 4 rings (SSSR count). The Morgan fingerprint density at radius 2 is 2.25 bits per heavy atom. The van der Waals surface area contributed by atoms with Gasteiger partial charge in [0.2, 0.25) is 0 Å². The SMILES string of the molecule is N#Cc1cnn(-c2ncnc3sc4c(c23)CCC4)c1N. The Morgan fingerprint density at radius 3 is 3.05 bits per heavy atom. The molecule has 0 bridgehead atoms. The molecule has 0 atom stereocenters. The first-order valence-electron chi connectivity index (χ1n) is 6.29. The van der Waals surface area contributed by atoms with Gasteiger partial charge in [0.15, 0.2) is 5.82 Å². The summed E-state index contributed by atoms with van der Waals surface area (Å²) in [5.41, 5.74) is 7.65. The number of thiophene rings is 1. The van der Waals surface area contributed by atoms with Gasteiger partial charge in [0, 0.05) is 4.88 Å². The molecule has 98 valence electrons. The summed E-state index contributed by atoms with van der Waals surface area (Å²) < 4.78 is 1.54. The fourth-order valence-corrected chi connectivity index (χ4v) is 3.91. The largest absolute Gasteiger partial charge is 0.382 e. The summed E-state index contributed by atoms with van der Waals surface area (Å²) in [7, 11) is 0. The fraction of sp³-hybridized carbons (Fsp3) is 0.231. The van der Waals surface area contributed by atoms with Crippen molar-refractivity contribution < 1.29 is 0 Å². The van der Waals surface area contributed by atoms with Crippen LogP contribution in [0.4, 0.5) is 5.82 Å². The van der Waals surface area contributed by atoms with Crippen molar-refractivity contribution >= 4 is 27.4 Å². The summed E-state index contributed by atoms with van der Waals surface area (Å²) in [4.78, 5) is 11.0. The first-order valence-corrected chi connectivity index (χ1v) is 7.10. The average molecular weight is 282 g/mol. The molecule has 6 nitrogen and oxygen atoms in total. The van der Waals surface area contributed by atoms with Crippen LogP contribution in [0.15, 0.2) is 12.5 Å². The number of hydrogen-bond donors (Lipinski definition) is 1. The second-order valence-electron chi connectivity index (χ2n) is 4.70. The molecule has 0 saturated carbocycles. The van der Waals surface area contributed by atoms with Crippen LogP contribution in [0.3, 0.4) is 0 Å². The highest BCUT2D eigenvalue weighted by Gasteiger charge is 2.23. The fourth-order valence-electron chi connectivity index (χ4n) is 2.69. The van der Waals surface area contributed by atoms with E-state index < -0.39 is 0 Å². The van der Waals surface area contributed by atoms with Crippen LogP contribution in [0.5, 0.6) is 0 Å². The molecule has 3 aromatic rings. The highest BCUT2D eigenvalue weighted by Crippen LogP contribution is 2.38. The van der Waals surface area contributed by atoms with E-state index in [9.17, 15) is 0 Å². The zero-order chi connectivity index (χ0) is 13.7. The van der Waals surface area contributed by atoms with Crippen LogP contribution < -0.4 is 5.73 Å². The van der Waals surface area contributed by atoms with Crippen molar-refractivity contribution in [1.29, 1.82) is 5.26 Å². The monoisotopic (exact) mass is 282 g/mol. The maximum absolute atomic E-state index is 8.99. The van der Waals surface area contributed by atoms with Crippen molar-refractivity contribution in [3.05, 3.63) is 28.5 Å². The summed E-state index contributed by atoms with van der Waals surface area (Å²) in [6.07, 6.45) is 6.31. The zero-order valence-electron chi connectivity index (χ0n) is 10.5. The van der Waals surface area contributed by atoms with Gasteiger partial charge in [-0.05, 0) is 24.8 Å². The molecule has 0 aliphatic heterocycles. The molecule has 7 heteroatoms.